The maximum atomic E-state index is 13.9. The van der Waals surface area contributed by atoms with Crippen molar-refractivity contribution >= 4 is 11.8 Å². The van der Waals surface area contributed by atoms with Crippen LogP contribution in [0.15, 0.2) is 24.3 Å². The van der Waals surface area contributed by atoms with E-state index in [-0.39, 0.29) is 35.8 Å². The fraction of sp³-hybridized carbons (Fsp3) is 0.652. The normalized spacial score (nSPS) is 25.0. The first-order chi connectivity index (χ1) is 14.5. The number of hydrogen-bond acceptors (Lipinski definition) is 4. The Labute approximate surface area is 177 Å². The molecule has 0 radical (unpaired) electrons. The molecule has 3 saturated heterocycles. The van der Waals surface area contributed by atoms with Crippen molar-refractivity contribution in [2.24, 2.45) is 0 Å². The molecule has 30 heavy (non-hydrogen) atoms. The summed E-state index contributed by atoms with van der Waals surface area (Å²) in [6.45, 7) is 2.28. The molecule has 0 saturated carbocycles. The van der Waals surface area contributed by atoms with E-state index in [0.29, 0.717) is 37.9 Å². The Bertz CT molecular complexity index is 779. The van der Waals surface area contributed by atoms with E-state index in [4.69, 9.17) is 4.84 Å². The van der Waals surface area contributed by atoms with Gasteiger partial charge in [-0.2, -0.15) is 0 Å². The van der Waals surface area contributed by atoms with E-state index in [9.17, 15) is 14.0 Å². The van der Waals surface area contributed by atoms with Crippen molar-refractivity contribution in [3.63, 3.8) is 0 Å². The van der Waals surface area contributed by atoms with Crippen molar-refractivity contribution in [1.29, 1.82) is 0 Å². The van der Waals surface area contributed by atoms with E-state index >= 15 is 0 Å². The monoisotopic (exact) mass is 417 g/mol. The molecule has 1 unspecified atom stereocenters. The summed E-state index contributed by atoms with van der Waals surface area (Å²) in [5, 5.41) is 1.50. The first-order valence-electron chi connectivity index (χ1n) is 11.2. The second-order valence-corrected chi connectivity index (χ2v) is 8.95. The van der Waals surface area contributed by atoms with Gasteiger partial charge in [0.25, 0.3) is 0 Å². The maximum Gasteiger partial charge on any atom is 0.246 e. The van der Waals surface area contributed by atoms with Crippen LogP contribution in [-0.4, -0.2) is 64.9 Å². The van der Waals surface area contributed by atoms with Crippen molar-refractivity contribution in [2.75, 3.05) is 26.7 Å². The largest absolute Gasteiger partial charge is 0.341 e. The van der Waals surface area contributed by atoms with Gasteiger partial charge in [-0.1, -0.05) is 31.0 Å². The lowest BCUT2D eigenvalue weighted by molar-refractivity contribution is -0.223. The van der Waals surface area contributed by atoms with Crippen LogP contribution in [0.25, 0.3) is 0 Å². The summed E-state index contributed by atoms with van der Waals surface area (Å²) in [6, 6.07) is 6.44. The Morgan fingerprint density at radius 3 is 2.67 bits per heavy atom. The Hall–Kier alpha value is -1.99. The molecule has 3 aliphatic rings. The molecule has 164 valence electrons. The fourth-order valence-corrected chi connectivity index (χ4v) is 5.14. The minimum atomic E-state index is -0.380. The zero-order valence-electron chi connectivity index (χ0n) is 17.8. The Morgan fingerprint density at radius 1 is 1.13 bits per heavy atom. The van der Waals surface area contributed by atoms with Crippen LogP contribution in [0.3, 0.4) is 0 Å². The van der Waals surface area contributed by atoms with Crippen molar-refractivity contribution in [3.8, 4) is 0 Å². The lowest BCUT2D eigenvalue weighted by atomic mass is 9.85. The van der Waals surface area contributed by atoms with Gasteiger partial charge in [0.15, 0.2) is 0 Å². The van der Waals surface area contributed by atoms with Crippen LogP contribution in [0.5, 0.6) is 0 Å². The quantitative estimate of drug-likeness (QED) is 0.755. The molecule has 1 aromatic rings. The van der Waals surface area contributed by atoms with Crippen LogP contribution < -0.4 is 0 Å². The summed E-state index contributed by atoms with van der Waals surface area (Å²) >= 11 is 0. The fourth-order valence-electron chi connectivity index (χ4n) is 5.14. The van der Waals surface area contributed by atoms with Crippen molar-refractivity contribution in [2.45, 2.75) is 69.6 Å². The molecule has 3 fully saturated rings. The average Bonchev–Trinajstić information content (AvgIpc) is 2.90. The molecule has 6 nitrogen and oxygen atoms in total. The molecule has 2 amide bonds. The van der Waals surface area contributed by atoms with Crippen molar-refractivity contribution < 1.29 is 18.8 Å². The number of likely N-dealkylation sites (tertiary alicyclic amines) is 2. The number of hydrogen-bond donors (Lipinski definition) is 0. The maximum absolute atomic E-state index is 13.9. The number of likely N-dealkylation sites (N-methyl/N-ethyl adjacent to an activating group) is 1. The number of amides is 2. The van der Waals surface area contributed by atoms with Crippen molar-refractivity contribution in [3.05, 3.63) is 35.6 Å². The summed E-state index contributed by atoms with van der Waals surface area (Å²) < 4.78 is 13.9. The van der Waals surface area contributed by atoms with Crippen LogP contribution in [-0.2, 0) is 21.0 Å². The number of piperidine rings is 1. The molecule has 1 spiro atoms. The third kappa shape index (κ3) is 4.23. The van der Waals surface area contributed by atoms with Crippen LogP contribution in [0.1, 0.15) is 56.9 Å². The number of hydroxylamine groups is 2. The summed E-state index contributed by atoms with van der Waals surface area (Å²) in [7, 11) is 2.05. The molecule has 0 N–H and O–H groups in total. The van der Waals surface area contributed by atoms with E-state index in [1.165, 1.54) is 17.6 Å². The summed E-state index contributed by atoms with van der Waals surface area (Å²) in [5.74, 6) is -0.154. The molecular formula is C23H32FN3O3. The first-order valence-corrected chi connectivity index (χ1v) is 11.2. The number of nitrogens with zero attached hydrogens (tertiary/aromatic N) is 3. The Kier molecular flexibility index (Phi) is 6.39. The molecule has 7 heteroatoms. The van der Waals surface area contributed by atoms with Gasteiger partial charge in [0.05, 0.1) is 11.6 Å². The second kappa shape index (κ2) is 9.02. The zero-order chi connectivity index (χ0) is 21.1. The number of halogens is 1. The van der Waals surface area contributed by atoms with Gasteiger partial charge in [-0.25, -0.2) is 9.45 Å². The zero-order valence-corrected chi connectivity index (χ0v) is 17.8. The summed E-state index contributed by atoms with van der Waals surface area (Å²) in [6.07, 6.45) is 6.95. The van der Waals surface area contributed by atoms with Gasteiger partial charge >= 0.3 is 0 Å². The molecule has 4 rings (SSSR count). The third-order valence-electron chi connectivity index (χ3n) is 7.08. The lowest BCUT2D eigenvalue weighted by Gasteiger charge is -2.44. The first kappa shape index (κ1) is 21.2. The predicted molar refractivity (Wildman–Crippen MR) is 111 cm³/mol. The highest BCUT2D eigenvalue weighted by Crippen LogP contribution is 2.40. The average molecular weight is 418 g/mol. The molecular weight excluding hydrogens is 385 g/mol. The summed E-state index contributed by atoms with van der Waals surface area (Å²) in [4.78, 5) is 35.7. The smallest absolute Gasteiger partial charge is 0.246 e. The second-order valence-electron chi connectivity index (χ2n) is 8.95. The molecule has 0 aliphatic carbocycles. The Morgan fingerprint density at radius 2 is 1.90 bits per heavy atom. The molecule has 0 aromatic heterocycles. The van der Waals surface area contributed by atoms with Gasteiger partial charge in [0.2, 0.25) is 11.8 Å². The summed E-state index contributed by atoms with van der Waals surface area (Å²) in [5.41, 5.74) is 0.0606. The highest BCUT2D eigenvalue weighted by atomic mass is 19.1. The molecule has 0 bridgehead atoms. The number of carbonyl (C=O) groups excluding carboxylic acids is 2. The van der Waals surface area contributed by atoms with E-state index in [1.54, 1.807) is 18.2 Å². The van der Waals surface area contributed by atoms with Crippen LogP contribution >= 0.6 is 0 Å². The van der Waals surface area contributed by atoms with Crippen LogP contribution in [0.2, 0.25) is 0 Å². The van der Waals surface area contributed by atoms with Gasteiger partial charge in [-0.15, -0.1) is 0 Å². The Balaban J connectivity index is 1.38. The number of rotatable bonds is 4. The standard InChI is InChI=1S/C23H32FN3O3/c1-25-14-6-2-3-9-20(25)22(29)26-15-12-23(13-16-26)11-10-21(28)27(23)30-17-18-7-4-5-8-19(18)24/h4-5,7-8,20H,2-3,6,9-17H2,1H3. The highest BCUT2D eigenvalue weighted by Gasteiger charge is 2.49. The highest BCUT2D eigenvalue weighted by molar-refractivity contribution is 5.82. The third-order valence-corrected chi connectivity index (χ3v) is 7.08. The molecule has 1 atom stereocenters. The van der Waals surface area contributed by atoms with Crippen LogP contribution in [0.4, 0.5) is 4.39 Å². The SMILES string of the molecule is CN1CCCCCC1C(=O)N1CCC2(CCC(=O)N2OCc2ccccc2F)CC1. The van der Waals surface area contributed by atoms with E-state index in [0.717, 1.165) is 32.2 Å². The minimum Gasteiger partial charge on any atom is -0.341 e. The number of carbonyl (C=O) groups is 2. The van der Waals surface area contributed by atoms with Crippen LogP contribution in [0, 0.1) is 5.82 Å². The number of benzene rings is 1. The van der Waals surface area contributed by atoms with E-state index in [1.807, 2.05) is 11.9 Å². The topological polar surface area (TPSA) is 53.1 Å². The van der Waals surface area contributed by atoms with Gasteiger partial charge in [0.1, 0.15) is 12.4 Å². The minimum absolute atomic E-state index is 0.0276. The van der Waals surface area contributed by atoms with Gasteiger partial charge in [-0.05, 0) is 51.8 Å². The van der Waals surface area contributed by atoms with Crippen molar-refractivity contribution in [1.82, 2.24) is 14.9 Å². The molecule has 3 heterocycles. The lowest BCUT2D eigenvalue weighted by Crippen LogP contribution is -2.56. The van der Waals surface area contributed by atoms with Gasteiger partial charge in [-0.3, -0.25) is 19.3 Å². The van der Waals surface area contributed by atoms with E-state index in [2.05, 4.69) is 4.90 Å². The molecule has 3 aliphatic heterocycles. The molecule has 1 aromatic carbocycles. The van der Waals surface area contributed by atoms with Gasteiger partial charge in [0, 0.05) is 25.1 Å². The van der Waals surface area contributed by atoms with Gasteiger partial charge < -0.3 is 4.90 Å². The predicted octanol–water partition coefficient (Wildman–Crippen LogP) is 3.12. The van der Waals surface area contributed by atoms with E-state index < -0.39 is 0 Å².